The van der Waals surface area contributed by atoms with Gasteiger partial charge in [-0.3, -0.25) is 0 Å². The molecule has 1 aromatic rings. The lowest BCUT2D eigenvalue weighted by Gasteiger charge is -2.40. The molecule has 3 aliphatic rings. The third kappa shape index (κ3) is 1.46. The highest BCUT2D eigenvalue weighted by Crippen LogP contribution is 2.53. The van der Waals surface area contributed by atoms with E-state index in [-0.39, 0.29) is 0 Å². The first-order valence-corrected chi connectivity index (χ1v) is 7.12. The first-order valence-electron chi connectivity index (χ1n) is 5.67. The van der Waals surface area contributed by atoms with Crippen molar-refractivity contribution in [1.82, 2.24) is 0 Å². The molecule has 0 amide bonds. The van der Waals surface area contributed by atoms with Gasteiger partial charge in [-0.15, -0.1) is 0 Å². The van der Waals surface area contributed by atoms with Crippen molar-refractivity contribution in [1.29, 1.82) is 0 Å². The SMILES string of the molecule is Cc1cc(I)c(Cl)c2c1C1CCC2CC1. The van der Waals surface area contributed by atoms with Gasteiger partial charge < -0.3 is 0 Å². The van der Waals surface area contributed by atoms with Gasteiger partial charge in [0.15, 0.2) is 0 Å². The van der Waals surface area contributed by atoms with Crippen LogP contribution >= 0.6 is 34.2 Å². The minimum absolute atomic E-state index is 0.755. The number of halogens is 2. The number of hydrogen-bond donors (Lipinski definition) is 0. The molecule has 2 bridgehead atoms. The van der Waals surface area contributed by atoms with Gasteiger partial charge in [0.25, 0.3) is 0 Å². The molecular weight excluding hydrogens is 319 g/mol. The third-order valence-corrected chi connectivity index (χ3v) is 5.62. The van der Waals surface area contributed by atoms with E-state index in [2.05, 4.69) is 35.6 Å². The molecule has 0 unspecified atom stereocenters. The fraction of sp³-hybridized carbons (Fsp3) is 0.538. The Morgan fingerprint density at radius 2 is 1.67 bits per heavy atom. The van der Waals surface area contributed by atoms with Crippen molar-refractivity contribution >= 4 is 34.2 Å². The first kappa shape index (κ1) is 10.4. The fourth-order valence-corrected chi connectivity index (χ4v) is 4.47. The fourth-order valence-electron chi connectivity index (χ4n) is 3.40. The van der Waals surface area contributed by atoms with E-state index in [9.17, 15) is 0 Å². The van der Waals surface area contributed by atoms with Gasteiger partial charge in [0, 0.05) is 3.57 Å². The molecule has 1 fully saturated rings. The zero-order valence-corrected chi connectivity index (χ0v) is 11.7. The van der Waals surface area contributed by atoms with Crippen molar-refractivity contribution < 1.29 is 0 Å². The van der Waals surface area contributed by atoms with Crippen molar-refractivity contribution in [3.8, 4) is 0 Å². The van der Waals surface area contributed by atoms with E-state index in [0.717, 1.165) is 16.9 Å². The molecular formula is C13H14ClI. The molecule has 2 heteroatoms. The monoisotopic (exact) mass is 332 g/mol. The Labute approximate surface area is 110 Å². The highest BCUT2D eigenvalue weighted by atomic mass is 127. The number of rotatable bonds is 0. The van der Waals surface area contributed by atoms with E-state index in [1.54, 1.807) is 5.56 Å². The predicted molar refractivity (Wildman–Crippen MR) is 72.9 cm³/mol. The molecule has 0 spiro atoms. The van der Waals surface area contributed by atoms with Gasteiger partial charge in [-0.2, -0.15) is 0 Å². The van der Waals surface area contributed by atoms with Crippen LogP contribution in [0.3, 0.4) is 0 Å². The Kier molecular flexibility index (Phi) is 2.51. The quantitative estimate of drug-likeness (QED) is 0.586. The summed E-state index contributed by atoms with van der Waals surface area (Å²) in [5.74, 6) is 1.56. The van der Waals surface area contributed by atoms with E-state index in [0.29, 0.717) is 0 Å². The van der Waals surface area contributed by atoms with E-state index < -0.39 is 0 Å². The Bertz CT molecular complexity index is 417. The summed E-state index contributed by atoms with van der Waals surface area (Å²) in [4.78, 5) is 0. The Morgan fingerprint density at radius 3 is 2.27 bits per heavy atom. The largest absolute Gasteiger partial charge is 0.0829 e. The molecule has 0 nitrogen and oxygen atoms in total. The van der Waals surface area contributed by atoms with Gasteiger partial charge in [-0.05, 0) is 89.8 Å². The van der Waals surface area contributed by atoms with E-state index >= 15 is 0 Å². The Balaban J connectivity index is 2.30. The van der Waals surface area contributed by atoms with Gasteiger partial charge in [0.1, 0.15) is 0 Å². The molecule has 0 aromatic heterocycles. The maximum atomic E-state index is 6.47. The molecule has 0 radical (unpaired) electrons. The summed E-state index contributed by atoms with van der Waals surface area (Å²) in [6.07, 6.45) is 5.48. The second-order valence-electron chi connectivity index (χ2n) is 4.87. The van der Waals surface area contributed by atoms with E-state index in [4.69, 9.17) is 11.6 Å². The van der Waals surface area contributed by atoms with Crippen LogP contribution in [0.4, 0.5) is 0 Å². The maximum Gasteiger partial charge on any atom is 0.0577 e. The number of benzene rings is 1. The van der Waals surface area contributed by atoms with Gasteiger partial charge >= 0.3 is 0 Å². The zero-order chi connectivity index (χ0) is 10.6. The van der Waals surface area contributed by atoms with Gasteiger partial charge in [-0.25, -0.2) is 0 Å². The van der Waals surface area contributed by atoms with Crippen LogP contribution in [0, 0.1) is 10.5 Å². The van der Waals surface area contributed by atoms with Crippen molar-refractivity contribution in [3.05, 3.63) is 31.3 Å². The summed E-state index contributed by atoms with van der Waals surface area (Å²) >= 11 is 8.83. The smallest absolute Gasteiger partial charge is 0.0577 e. The molecule has 80 valence electrons. The van der Waals surface area contributed by atoms with E-state index in [1.165, 1.54) is 40.4 Å². The molecule has 0 N–H and O–H groups in total. The van der Waals surface area contributed by atoms with Crippen LogP contribution in [0.2, 0.25) is 5.02 Å². The van der Waals surface area contributed by atoms with Crippen molar-refractivity contribution in [2.75, 3.05) is 0 Å². The number of fused-ring (bicyclic) bond motifs is 2. The summed E-state index contributed by atoms with van der Waals surface area (Å²) in [7, 11) is 0. The highest BCUT2D eigenvalue weighted by Gasteiger charge is 2.35. The second kappa shape index (κ2) is 3.63. The topological polar surface area (TPSA) is 0 Å². The van der Waals surface area contributed by atoms with Crippen LogP contribution in [-0.4, -0.2) is 0 Å². The molecule has 0 atom stereocenters. The normalized spacial score (nSPS) is 27.9. The summed E-state index contributed by atoms with van der Waals surface area (Å²) in [5, 5.41) is 1.05. The molecule has 4 rings (SSSR count). The number of hydrogen-bond acceptors (Lipinski definition) is 0. The van der Waals surface area contributed by atoms with Crippen LogP contribution in [0.5, 0.6) is 0 Å². The molecule has 0 aliphatic heterocycles. The maximum absolute atomic E-state index is 6.47. The molecule has 3 aliphatic carbocycles. The summed E-state index contributed by atoms with van der Waals surface area (Å²) < 4.78 is 1.23. The summed E-state index contributed by atoms with van der Waals surface area (Å²) in [6.45, 7) is 2.25. The molecule has 1 aromatic carbocycles. The predicted octanol–water partition coefficient (Wildman–Crippen LogP) is 5.01. The van der Waals surface area contributed by atoms with Crippen molar-refractivity contribution in [2.45, 2.75) is 44.4 Å². The average Bonchev–Trinajstić information content (AvgIpc) is 2.26. The lowest BCUT2D eigenvalue weighted by molar-refractivity contribution is 0.357. The second-order valence-corrected chi connectivity index (χ2v) is 6.41. The summed E-state index contributed by atoms with van der Waals surface area (Å²) in [6, 6.07) is 2.25. The number of aryl methyl sites for hydroxylation is 1. The summed E-state index contributed by atoms with van der Waals surface area (Å²) in [5.41, 5.74) is 4.57. The van der Waals surface area contributed by atoms with E-state index in [1.807, 2.05) is 0 Å². The molecule has 15 heavy (non-hydrogen) atoms. The molecule has 1 saturated carbocycles. The standard InChI is InChI=1S/C13H14ClI/c1-7-6-10(15)13(14)12-9-4-2-8(3-5-9)11(7)12/h6,8-9H,2-5H2,1H3. The van der Waals surface area contributed by atoms with Crippen molar-refractivity contribution in [2.24, 2.45) is 0 Å². The van der Waals surface area contributed by atoms with Crippen LogP contribution < -0.4 is 0 Å². The lowest BCUT2D eigenvalue weighted by Crippen LogP contribution is -2.23. The van der Waals surface area contributed by atoms with Crippen LogP contribution in [0.25, 0.3) is 0 Å². The first-order chi connectivity index (χ1) is 7.18. The van der Waals surface area contributed by atoms with Crippen LogP contribution in [0.1, 0.15) is 54.2 Å². The minimum Gasteiger partial charge on any atom is -0.0829 e. The molecule has 0 saturated heterocycles. The Morgan fingerprint density at radius 1 is 1.13 bits per heavy atom. The van der Waals surface area contributed by atoms with Gasteiger partial charge in [-0.1, -0.05) is 11.6 Å². The van der Waals surface area contributed by atoms with Crippen molar-refractivity contribution in [3.63, 3.8) is 0 Å². The van der Waals surface area contributed by atoms with Crippen LogP contribution in [-0.2, 0) is 0 Å². The molecule has 0 heterocycles. The van der Waals surface area contributed by atoms with Crippen LogP contribution in [0.15, 0.2) is 6.07 Å². The van der Waals surface area contributed by atoms with Gasteiger partial charge in [0.05, 0.1) is 5.02 Å². The zero-order valence-electron chi connectivity index (χ0n) is 8.82. The minimum atomic E-state index is 0.755. The average molecular weight is 333 g/mol. The Hall–Kier alpha value is 0.240. The lowest BCUT2D eigenvalue weighted by atomic mass is 9.66. The van der Waals surface area contributed by atoms with Gasteiger partial charge in [0.2, 0.25) is 0 Å². The highest BCUT2D eigenvalue weighted by molar-refractivity contribution is 14.1. The third-order valence-electron chi connectivity index (χ3n) is 4.05.